The van der Waals surface area contributed by atoms with Crippen LogP contribution in [0.4, 0.5) is 11.4 Å². The van der Waals surface area contributed by atoms with E-state index < -0.39 is 22.3 Å². The van der Waals surface area contributed by atoms with Crippen molar-refractivity contribution >= 4 is 29.0 Å². The van der Waals surface area contributed by atoms with E-state index in [1.807, 2.05) is 13.8 Å². The lowest BCUT2D eigenvalue weighted by atomic mass is 9.69. The Morgan fingerprint density at radius 1 is 1.25 bits per heavy atom. The fourth-order valence-corrected chi connectivity index (χ4v) is 3.10. The Balaban J connectivity index is 2.78. The van der Waals surface area contributed by atoms with Gasteiger partial charge in [0.25, 0.3) is 5.69 Å². The van der Waals surface area contributed by atoms with Crippen LogP contribution in [0.1, 0.15) is 32.8 Å². The van der Waals surface area contributed by atoms with Gasteiger partial charge in [0.15, 0.2) is 0 Å². The van der Waals surface area contributed by atoms with Crippen molar-refractivity contribution in [2.45, 2.75) is 34.1 Å². The Bertz CT molecular complexity index is 942. The maximum Gasteiger partial charge on any atom is 0.337 e. The summed E-state index contributed by atoms with van der Waals surface area (Å²) >= 11 is 0. The summed E-state index contributed by atoms with van der Waals surface area (Å²) in [6.07, 6.45) is 3.31. The van der Waals surface area contributed by atoms with E-state index in [0.29, 0.717) is 17.6 Å². The molecule has 1 unspecified atom stereocenters. The lowest BCUT2D eigenvalue weighted by Gasteiger charge is -2.33. The molecular formula is C20H22N2O6. The third-order valence-electron chi connectivity index (χ3n) is 4.74. The predicted molar refractivity (Wildman–Crippen MR) is 104 cm³/mol. The molecule has 0 spiro atoms. The van der Waals surface area contributed by atoms with Crippen LogP contribution in [0.25, 0.3) is 0 Å². The van der Waals surface area contributed by atoms with Crippen LogP contribution < -0.4 is 0 Å². The Kier molecular flexibility index (Phi) is 5.82. The normalized spacial score (nSPS) is 20.7. The molecule has 148 valence electrons. The molecule has 2 N–H and O–H groups in total. The molecule has 28 heavy (non-hydrogen) atoms. The molecule has 8 nitrogen and oxygen atoms in total. The number of carboxylic acid groups (broad SMARTS) is 2. The number of nitro groups is 1. The summed E-state index contributed by atoms with van der Waals surface area (Å²) in [5, 5.41) is 30.7. The molecule has 0 heterocycles. The Hall–Kier alpha value is -3.29. The Morgan fingerprint density at radius 3 is 2.39 bits per heavy atom. The highest BCUT2D eigenvalue weighted by atomic mass is 16.6. The zero-order chi connectivity index (χ0) is 21.2. The van der Waals surface area contributed by atoms with E-state index in [0.717, 1.165) is 0 Å². The topological polar surface area (TPSA) is 130 Å². The molecule has 0 amide bonds. The van der Waals surface area contributed by atoms with Crippen LogP contribution in [0, 0.1) is 28.4 Å². The fourth-order valence-electron chi connectivity index (χ4n) is 3.10. The number of hydrogen-bond donors (Lipinski definition) is 2. The van der Waals surface area contributed by atoms with Gasteiger partial charge in [-0.3, -0.25) is 19.9 Å². The van der Waals surface area contributed by atoms with Gasteiger partial charge in [0.05, 0.1) is 21.9 Å². The van der Waals surface area contributed by atoms with E-state index in [-0.39, 0.29) is 28.6 Å². The number of benzene rings is 1. The van der Waals surface area contributed by atoms with Crippen molar-refractivity contribution < 1.29 is 24.7 Å². The maximum absolute atomic E-state index is 12.2. The molecule has 0 fully saturated rings. The van der Waals surface area contributed by atoms with Crippen molar-refractivity contribution in [1.82, 2.24) is 0 Å². The van der Waals surface area contributed by atoms with Gasteiger partial charge in [-0.25, -0.2) is 4.79 Å². The first-order valence-corrected chi connectivity index (χ1v) is 8.71. The first-order valence-electron chi connectivity index (χ1n) is 8.71. The Morgan fingerprint density at radius 2 is 1.89 bits per heavy atom. The van der Waals surface area contributed by atoms with Crippen LogP contribution in [0.5, 0.6) is 0 Å². The van der Waals surface area contributed by atoms with Gasteiger partial charge in [-0.2, -0.15) is 0 Å². The Labute approximate surface area is 162 Å². The van der Waals surface area contributed by atoms with E-state index >= 15 is 0 Å². The predicted octanol–water partition coefficient (Wildman–Crippen LogP) is 4.06. The van der Waals surface area contributed by atoms with Gasteiger partial charge >= 0.3 is 11.9 Å². The average molecular weight is 386 g/mol. The molecule has 1 aromatic rings. The van der Waals surface area contributed by atoms with Crippen molar-refractivity contribution in [3.63, 3.8) is 0 Å². The number of nitro benzene ring substituents is 1. The van der Waals surface area contributed by atoms with E-state index in [2.05, 4.69) is 4.99 Å². The first kappa shape index (κ1) is 21.0. The summed E-state index contributed by atoms with van der Waals surface area (Å²) in [5.74, 6) is -2.40. The SMILES string of the molecule is Cc1ccc([N+](=O)[O-])cc1N=C1C(C(=O)O)=CC=C(CC(C)C)C1(C)C(=O)O. The molecule has 1 aromatic carbocycles. The van der Waals surface area contributed by atoms with Gasteiger partial charge < -0.3 is 10.2 Å². The smallest absolute Gasteiger partial charge is 0.337 e. The number of carboxylic acids is 2. The zero-order valence-electron chi connectivity index (χ0n) is 16.1. The van der Waals surface area contributed by atoms with Crippen molar-refractivity contribution in [2.24, 2.45) is 16.3 Å². The standard InChI is InChI=1S/C20H22N2O6/c1-11(2)9-13-6-8-15(18(23)24)17(20(13,4)19(25)26)21-16-10-14(22(27)28)7-5-12(16)3/h5-8,10-11H,9H2,1-4H3,(H,23,24)(H,25,26). The second kappa shape index (κ2) is 7.75. The number of aliphatic imine (C=N–C) groups is 1. The molecule has 0 aromatic heterocycles. The maximum atomic E-state index is 12.2. The van der Waals surface area contributed by atoms with Crippen molar-refractivity contribution in [1.29, 1.82) is 0 Å². The average Bonchev–Trinajstić information content (AvgIpc) is 2.59. The molecule has 0 saturated carbocycles. The summed E-state index contributed by atoms with van der Waals surface area (Å²) in [4.78, 5) is 38.9. The third kappa shape index (κ3) is 3.85. The quantitative estimate of drug-likeness (QED) is 0.560. The largest absolute Gasteiger partial charge is 0.480 e. The third-order valence-corrected chi connectivity index (χ3v) is 4.74. The van der Waals surface area contributed by atoms with E-state index in [1.165, 1.54) is 37.3 Å². The number of rotatable bonds is 6. The van der Waals surface area contributed by atoms with Crippen LogP contribution in [0.15, 0.2) is 46.5 Å². The summed E-state index contributed by atoms with van der Waals surface area (Å²) in [6.45, 7) is 6.95. The highest BCUT2D eigenvalue weighted by Gasteiger charge is 2.47. The van der Waals surface area contributed by atoms with Crippen LogP contribution in [-0.4, -0.2) is 32.8 Å². The van der Waals surface area contributed by atoms with Gasteiger partial charge in [-0.15, -0.1) is 0 Å². The van der Waals surface area contributed by atoms with E-state index in [1.54, 1.807) is 6.92 Å². The number of hydrogen-bond acceptors (Lipinski definition) is 5. The lowest BCUT2D eigenvalue weighted by Crippen LogP contribution is -2.42. The summed E-state index contributed by atoms with van der Waals surface area (Å²) < 4.78 is 0. The van der Waals surface area contributed by atoms with Gasteiger partial charge in [-0.1, -0.05) is 26.0 Å². The molecule has 0 aliphatic heterocycles. The first-order chi connectivity index (χ1) is 13.0. The molecular weight excluding hydrogens is 364 g/mol. The highest BCUT2D eigenvalue weighted by molar-refractivity contribution is 6.29. The number of aryl methyl sites for hydroxylation is 1. The summed E-state index contributed by atoms with van der Waals surface area (Å²) in [7, 11) is 0. The van der Waals surface area contributed by atoms with Crippen molar-refractivity contribution in [2.75, 3.05) is 0 Å². The number of carbonyl (C=O) groups is 2. The van der Waals surface area contributed by atoms with E-state index in [4.69, 9.17) is 0 Å². The van der Waals surface area contributed by atoms with Crippen LogP contribution in [-0.2, 0) is 9.59 Å². The van der Waals surface area contributed by atoms with E-state index in [9.17, 15) is 29.9 Å². The molecule has 1 aliphatic rings. The van der Waals surface area contributed by atoms with Gasteiger partial charge in [0, 0.05) is 12.1 Å². The fraction of sp³-hybridized carbons (Fsp3) is 0.350. The molecule has 2 rings (SSSR count). The molecule has 1 atom stereocenters. The zero-order valence-corrected chi connectivity index (χ0v) is 16.1. The number of allylic oxidation sites excluding steroid dienone is 2. The van der Waals surface area contributed by atoms with Crippen molar-refractivity contribution in [3.8, 4) is 0 Å². The monoisotopic (exact) mass is 386 g/mol. The summed E-state index contributed by atoms with van der Waals surface area (Å²) in [5.41, 5.74) is -1.01. The summed E-state index contributed by atoms with van der Waals surface area (Å²) in [6, 6.07) is 4.02. The van der Waals surface area contributed by atoms with Gasteiger partial charge in [0.1, 0.15) is 5.41 Å². The second-order valence-corrected chi connectivity index (χ2v) is 7.29. The van der Waals surface area contributed by atoms with Crippen LogP contribution in [0.2, 0.25) is 0 Å². The molecule has 1 aliphatic carbocycles. The van der Waals surface area contributed by atoms with Crippen LogP contribution >= 0.6 is 0 Å². The highest BCUT2D eigenvalue weighted by Crippen LogP contribution is 2.41. The van der Waals surface area contributed by atoms with Gasteiger partial charge in [-0.05, 0) is 43.4 Å². The van der Waals surface area contributed by atoms with Crippen LogP contribution in [0.3, 0.4) is 0 Å². The minimum atomic E-state index is -1.66. The number of non-ortho nitro benzene ring substituents is 1. The van der Waals surface area contributed by atoms with Gasteiger partial charge in [0.2, 0.25) is 0 Å². The molecule has 0 radical (unpaired) electrons. The lowest BCUT2D eigenvalue weighted by molar-refractivity contribution is -0.384. The minimum absolute atomic E-state index is 0.144. The van der Waals surface area contributed by atoms with Crippen molar-refractivity contribution in [3.05, 3.63) is 57.2 Å². The molecule has 0 saturated heterocycles. The number of nitrogens with zero attached hydrogens (tertiary/aromatic N) is 2. The molecule has 0 bridgehead atoms. The molecule has 8 heteroatoms. The minimum Gasteiger partial charge on any atom is -0.480 e. The number of aliphatic carboxylic acids is 2. The second-order valence-electron chi connectivity index (χ2n) is 7.29.